The first-order chi connectivity index (χ1) is 14.8. The highest BCUT2D eigenvalue weighted by Gasteiger charge is 2.29. The van der Waals surface area contributed by atoms with Crippen LogP contribution in [0.1, 0.15) is 46.1 Å². The fourth-order valence-electron chi connectivity index (χ4n) is 3.48. The van der Waals surface area contributed by atoms with Gasteiger partial charge in [-0.15, -0.1) is 0 Å². The molecule has 0 aliphatic carbocycles. The van der Waals surface area contributed by atoms with Gasteiger partial charge in [-0.25, -0.2) is 27.7 Å². The molecule has 32 heavy (non-hydrogen) atoms. The Labute approximate surface area is 187 Å². The van der Waals surface area contributed by atoms with E-state index in [4.69, 9.17) is 14.6 Å². The van der Waals surface area contributed by atoms with E-state index in [0.717, 1.165) is 12.1 Å². The molecule has 1 fully saturated rings. The fourth-order valence-corrected chi connectivity index (χ4v) is 4.07. The number of carbonyl (C=O) groups excluding carboxylic acids is 1. The number of sulfonamides is 1. The average Bonchev–Trinajstić information content (AvgIpc) is 3.16. The van der Waals surface area contributed by atoms with Gasteiger partial charge < -0.3 is 14.4 Å². The molecular formula is C21H29FN4O5S. The van der Waals surface area contributed by atoms with Gasteiger partial charge in [-0.3, -0.25) is 4.99 Å². The van der Waals surface area contributed by atoms with Gasteiger partial charge >= 0.3 is 6.09 Å². The molecule has 0 radical (unpaired) electrons. The van der Waals surface area contributed by atoms with Crippen LogP contribution in [0.15, 0.2) is 33.1 Å². The number of carbonyl (C=O) groups is 1. The number of primary sulfonamides is 1. The predicted molar refractivity (Wildman–Crippen MR) is 118 cm³/mol. The Morgan fingerprint density at radius 3 is 2.50 bits per heavy atom. The van der Waals surface area contributed by atoms with Crippen LogP contribution in [-0.2, 0) is 19.5 Å². The molecule has 1 atom stereocenters. The zero-order chi connectivity index (χ0) is 23.7. The van der Waals surface area contributed by atoms with Crippen LogP contribution in [0.5, 0.6) is 0 Å². The first-order valence-corrected chi connectivity index (χ1v) is 12.0. The molecule has 1 unspecified atom stereocenters. The van der Waals surface area contributed by atoms with Crippen molar-refractivity contribution in [3.8, 4) is 0 Å². The highest BCUT2D eigenvalue weighted by atomic mass is 32.2. The lowest BCUT2D eigenvalue weighted by Gasteiger charge is -2.34. The normalized spacial score (nSPS) is 18.9. The van der Waals surface area contributed by atoms with Crippen LogP contribution < -0.4 is 5.14 Å². The minimum Gasteiger partial charge on any atom is -0.444 e. The van der Waals surface area contributed by atoms with Gasteiger partial charge in [-0.1, -0.05) is 0 Å². The fraction of sp³-hybridized carbons (Fsp3) is 0.571. The number of nitrogens with zero attached hydrogens (tertiary/aromatic N) is 3. The Hall–Kier alpha value is -2.37. The maximum atomic E-state index is 14.1. The van der Waals surface area contributed by atoms with E-state index in [1.165, 1.54) is 6.07 Å². The Morgan fingerprint density at radius 2 is 1.94 bits per heavy atom. The highest BCUT2D eigenvalue weighted by Crippen LogP contribution is 2.21. The molecule has 2 N–H and O–H groups in total. The van der Waals surface area contributed by atoms with Crippen molar-refractivity contribution in [1.82, 2.24) is 4.90 Å². The van der Waals surface area contributed by atoms with Crippen molar-refractivity contribution in [2.24, 2.45) is 15.1 Å². The molecule has 0 aromatic heterocycles. The molecule has 0 spiro atoms. The number of benzene rings is 1. The number of nitrogens with two attached hydrogens (primary N) is 1. The van der Waals surface area contributed by atoms with Crippen molar-refractivity contribution in [3.05, 3.63) is 29.6 Å². The van der Waals surface area contributed by atoms with E-state index in [0.29, 0.717) is 49.6 Å². The molecule has 0 bridgehead atoms. The maximum absolute atomic E-state index is 14.1. The second-order valence-corrected chi connectivity index (χ2v) is 10.4. The van der Waals surface area contributed by atoms with Crippen LogP contribution in [0.25, 0.3) is 0 Å². The van der Waals surface area contributed by atoms with Crippen molar-refractivity contribution in [1.29, 1.82) is 0 Å². The van der Waals surface area contributed by atoms with Crippen molar-refractivity contribution >= 4 is 27.7 Å². The number of rotatable bonds is 5. The molecule has 1 amide bonds. The standard InChI is InChI=1S/C21H29FN4O5S/c1-13(30-15-7-9-26(10-8-15)20(27)31-21(2,3)4)17-12-24-19(25-17)14-5-6-18(16(22)11-14)32(23,28)29/h5-6,11,13,15H,7-10,12H2,1-4H3,(H2,23,28,29). The number of ether oxygens (including phenoxy) is 2. The molecule has 9 nitrogen and oxygen atoms in total. The van der Waals surface area contributed by atoms with E-state index < -0.39 is 26.3 Å². The third-order valence-electron chi connectivity index (χ3n) is 5.10. The Bertz CT molecular complexity index is 1040. The minimum atomic E-state index is -4.14. The second kappa shape index (κ2) is 9.24. The topological polar surface area (TPSA) is 124 Å². The van der Waals surface area contributed by atoms with E-state index in [1.54, 1.807) is 4.90 Å². The summed E-state index contributed by atoms with van der Waals surface area (Å²) in [5.41, 5.74) is 0.535. The summed E-state index contributed by atoms with van der Waals surface area (Å²) in [4.78, 5) is 22.1. The lowest BCUT2D eigenvalue weighted by atomic mass is 10.1. The van der Waals surface area contributed by atoms with Crippen molar-refractivity contribution in [2.45, 2.75) is 63.2 Å². The summed E-state index contributed by atoms with van der Waals surface area (Å²) in [7, 11) is -4.14. The third-order valence-corrected chi connectivity index (χ3v) is 6.04. The SMILES string of the molecule is CC(OC1CCN(C(=O)OC(C)(C)C)CC1)C1=NC(c2ccc(S(N)(=O)=O)c(F)c2)=NC1. The van der Waals surface area contributed by atoms with Gasteiger partial charge in [0.25, 0.3) is 0 Å². The number of aliphatic imine (C=N–C) groups is 2. The average molecular weight is 469 g/mol. The molecular weight excluding hydrogens is 439 g/mol. The number of hydrogen-bond acceptors (Lipinski definition) is 7. The molecule has 0 saturated carbocycles. The van der Waals surface area contributed by atoms with E-state index in [9.17, 15) is 17.6 Å². The molecule has 2 aliphatic rings. The molecule has 176 valence electrons. The number of likely N-dealkylation sites (tertiary alicyclic amines) is 1. The van der Waals surface area contributed by atoms with Crippen molar-refractivity contribution in [3.63, 3.8) is 0 Å². The number of amidine groups is 1. The van der Waals surface area contributed by atoms with E-state index in [-0.39, 0.29) is 18.3 Å². The van der Waals surface area contributed by atoms with Crippen LogP contribution in [0.2, 0.25) is 0 Å². The quantitative estimate of drug-likeness (QED) is 0.711. The zero-order valence-electron chi connectivity index (χ0n) is 18.7. The van der Waals surface area contributed by atoms with Gasteiger partial charge in [-0.2, -0.15) is 0 Å². The highest BCUT2D eigenvalue weighted by molar-refractivity contribution is 7.89. The van der Waals surface area contributed by atoms with Gasteiger partial charge in [0.1, 0.15) is 16.3 Å². The summed E-state index contributed by atoms with van der Waals surface area (Å²) < 4.78 is 48.4. The molecule has 11 heteroatoms. The summed E-state index contributed by atoms with van der Waals surface area (Å²) in [6, 6.07) is 3.59. The molecule has 2 aliphatic heterocycles. The van der Waals surface area contributed by atoms with Crippen LogP contribution in [0.4, 0.5) is 9.18 Å². The van der Waals surface area contributed by atoms with Crippen molar-refractivity contribution in [2.75, 3.05) is 19.6 Å². The smallest absolute Gasteiger partial charge is 0.410 e. The van der Waals surface area contributed by atoms with Crippen LogP contribution >= 0.6 is 0 Å². The predicted octanol–water partition coefficient (Wildman–Crippen LogP) is 2.48. The summed E-state index contributed by atoms with van der Waals surface area (Å²) in [5.74, 6) is -0.632. The number of amides is 1. The zero-order valence-corrected chi connectivity index (χ0v) is 19.5. The van der Waals surface area contributed by atoms with E-state index in [1.807, 2.05) is 27.7 Å². The van der Waals surface area contributed by atoms with Gasteiger partial charge in [0.05, 0.1) is 24.5 Å². The maximum Gasteiger partial charge on any atom is 0.410 e. The van der Waals surface area contributed by atoms with Crippen molar-refractivity contribution < 1.29 is 27.1 Å². The summed E-state index contributed by atoms with van der Waals surface area (Å²) in [6.07, 6.45) is 0.725. The van der Waals surface area contributed by atoms with E-state index >= 15 is 0 Å². The molecule has 2 heterocycles. The van der Waals surface area contributed by atoms with Crippen LogP contribution in [0, 0.1) is 5.82 Å². The lowest BCUT2D eigenvalue weighted by Crippen LogP contribution is -2.44. The third kappa shape index (κ3) is 6.11. The second-order valence-electron chi connectivity index (χ2n) is 8.88. The summed E-state index contributed by atoms with van der Waals surface area (Å²) in [5, 5.41) is 4.99. The first-order valence-electron chi connectivity index (χ1n) is 10.4. The lowest BCUT2D eigenvalue weighted by molar-refractivity contribution is -0.0205. The molecule has 1 aromatic rings. The van der Waals surface area contributed by atoms with Gasteiger partial charge in [0.15, 0.2) is 5.84 Å². The molecule has 3 rings (SSSR count). The number of piperidine rings is 1. The Balaban J connectivity index is 1.55. The Kier molecular flexibility index (Phi) is 7.01. The summed E-state index contributed by atoms with van der Waals surface area (Å²) in [6.45, 7) is 8.80. The molecule has 1 aromatic carbocycles. The van der Waals surface area contributed by atoms with E-state index in [2.05, 4.69) is 9.98 Å². The number of halogens is 1. The monoisotopic (exact) mass is 468 g/mol. The summed E-state index contributed by atoms with van der Waals surface area (Å²) >= 11 is 0. The first kappa shape index (κ1) is 24.3. The minimum absolute atomic E-state index is 0.0260. The largest absolute Gasteiger partial charge is 0.444 e. The number of hydrogen-bond donors (Lipinski definition) is 1. The van der Waals surface area contributed by atoms with Gasteiger partial charge in [0, 0.05) is 18.7 Å². The molecule has 1 saturated heterocycles. The van der Waals surface area contributed by atoms with Crippen LogP contribution in [0.3, 0.4) is 0 Å². The van der Waals surface area contributed by atoms with Crippen LogP contribution in [-0.4, -0.2) is 68.4 Å². The van der Waals surface area contributed by atoms with Gasteiger partial charge in [0.2, 0.25) is 10.0 Å². The Morgan fingerprint density at radius 1 is 1.28 bits per heavy atom. The van der Waals surface area contributed by atoms with Gasteiger partial charge in [-0.05, 0) is 58.7 Å².